The maximum absolute atomic E-state index is 13.2. The molecule has 5 aromatic carbocycles. The molecule has 140 heavy (non-hydrogen) atoms. The molecule has 9 heterocycles. The van der Waals surface area contributed by atoms with Crippen molar-refractivity contribution in [3.05, 3.63) is 236 Å². The first-order valence-corrected chi connectivity index (χ1v) is 47.5. The monoisotopic (exact) mass is 1960 g/mol. The Balaban J connectivity index is 0.000000210. The van der Waals surface area contributed by atoms with Gasteiger partial charge in [0.05, 0.1) is 49.8 Å². The fourth-order valence-electron chi connectivity index (χ4n) is 14.3. The largest absolute Gasteiger partial charge is 0.456 e. The number of ketones is 1. The van der Waals surface area contributed by atoms with Gasteiger partial charge in [-0.15, -0.1) is 0 Å². The second-order valence-corrected chi connectivity index (χ2v) is 43.7. The van der Waals surface area contributed by atoms with E-state index in [1.807, 2.05) is 42.5 Å². The number of nitrogens with zero attached hydrogens (tertiary/aromatic N) is 12. The summed E-state index contributed by atoms with van der Waals surface area (Å²) in [4.78, 5) is 181. The average molecular weight is 1960 g/mol. The molecule has 0 unspecified atom stereocenters. The lowest BCUT2D eigenvalue weighted by Gasteiger charge is -2.43. The van der Waals surface area contributed by atoms with Crippen molar-refractivity contribution < 1.29 is 100 Å². The number of amides is 4. The van der Waals surface area contributed by atoms with Crippen LogP contribution in [0.15, 0.2) is 196 Å². The Kier molecular flexibility index (Phi) is 38.6. The number of anilines is 4. The van der Waals surface area contributed by atoms with Gasteiger partial charge in [-0.2, -0.15) is 19.9 Å². The number of carbonyl (C=O) groups is 8. The van der Waals surface area contributed by atoms with Crippen molar-refractivity contribution in [2.75, 3.05) is 61.5 Å². The van der Waals surface area contributed by atoms with E-state index in [1.165, 1.54) is 42.7 Å². The van der Waals surface area contributed by atoms with E-state index in [4.69, 9.17) is 47.4 Å². The minimum atomic E-state index is -2.96. The van der Waals surface area contributed by atoms with Gasteiger partial charge in [0.15, 0.2) is 11.9 Å². The van der Waals surface area contributed by atoms with Gasteiger partial charge in [-0.25, -0.2) is 53.5 Å². The fourth-order valence-corrected chi connectivity index (χ4v) is 18.9. The first kappa shape index (κ1) is 111. The van der Waals surface area contributed by atoms with E-state index >= 15 is 0 Å². The maximum atomic E-state index is 13.2. The number of ether oxygens (including phenoxy) is 8. The van der Waals surface area contributed by atoms with E-state index in [2.05, 4.69) is 106 Å². The number of hydrogen-bond acceptors (Lipinski definition) is 32. The van der Waals surface area contributed by atoms with Crippen LogP contribution in [0.25, 0.3) is 0 Å². The Bertz CT molecular complexity index is 5880. The molecular formula is C98H127FN16O24Si. The van der Waals surface area contributed by atoms with Gasteiger partial charge in [0, 0.05) is 66.0 Å². The molecule has 4 aromatic heterocycles. The van der Waals surface area contributed by atoms with Crippen molar-refractivity contribution in [1.82, 2.24) is 58.1 Å². The van der Waals surface area contributed by atoms with E-state index in [0.29, 0.717) is 23.9 Å². The number of hydrogen-bond donors (Lipinski definition) is 7. The van der Waals surface area contributed by atoms with Crippen molar-refractivity contribution in [3.8, 4) is 0 Å². The topological polar surface area (TPSA) is 520 Å². The molecule has 42 heteroatoms. The molecular weight excluding hydrogens is 1830 g/mol. The Morgan fingerprint density at radius 3 is 0.943 bits per heavy atom. The number of aliphatic hydroxyl groups is 3. The third-order valence-corrected chi connectivity index (χ3v) is 27.3. The number of Topliss-reactive ketones (excluding diaryl/α,β-unsaturated/α-hetero) is 1. The zero-order valence-electron chi connectivity index (χ0n) is 82.1. The first-order chi connectivity index (χ1) is 66.0. The summed E-state index contributed by atoms with van der Waals surface area (Å²) >= 11 is 0. The molecule has 0 spiro atoms. The minimum absolute atomic E-state index is 0.0576. The lowest BCUT2D eigenvalue weighted by Crippen LogP contribution is -2.67. The Morgan fingerprint density at radius 1 is 0.386 bits per heavy atom. The minimum Gasteiger partial charge on any atom is -0.456 e. The molecule has 9 aromatic rings. The lowest BCUT2D eigenvalue weighted by molar-refractivity contribution is -0.143. The van der Waals surface area contributed by atoms with E-state index < -0.39 is 156 Å². The van der Waals surface area contributed by atoms with Crippen LogP contribution in [0.1, 0.15) is 219 Å². The predicted octanol–water partition coefficient (Wildman–Crippen LogP) is 9.24. The second kappa shape index (κ2) is 48.8. The quantitative estimate of drug-likeness (QED) is 0.0189. The molecule has 0 saturated carbocycles. The summed E-state index contributed by atoms with van der Waals surface area (Å²) < 4.78 is 66.7. The van der Waals surface area contributed by atoms with Crippen LogP contribution < -0.4 is 54.4 Å². The maximum Gasteiger partial charge on any atom is 0.354 e. The highest BCUT2D eigenvalue weighted by atomic mass is 28.4. The van der Waals surface area contributed by atoms with Crippen LogP contribution in [0.4, 0.5) is 28.2 Å². The summed E-state index contributed by atoms with van der Waals surface area (Å²) in [5.74, 6) is -3.62. The van der Waals surface area contributed by atoms with Gasteiger partial charge in [-0.3, -0.25) is 67.9 Å². The number of esters is 3. The molecule has 5 fully saturated rings. The Hall–Kier alpha value is -12.9. The van der Waals surface area contributed by atoms with Crippen LogP contribution in [0.3, 0.4) is 0 Å². The van der Waals surface area contributed by atoms with Crippen LogP contribution >= 0.6 is 0 Å². The molecule has 5 aliphatic rings. The van der Waals surface area contributed by atoms with Crippen LogP contribution in [0.5, 0.6) is 0 Å². The van der Waals surface area contributed by atoms with Crippen LogP contribution in [0, 0.1) is 27.1 Å². The number of aliphatic hydroxyl groups excluding tert-OH is 3. The van der Waals surface area contributed by atoms with E-state index in [9.17, 15) is 72.1 Å². The van der Waals surface area contributed by atoms with Crippen molar-refractivity contribution in [3.63, 3.8) is 0 Å². The number of nitrogens with one attached hydrogen (secondary N) is 4. The molecule has 754 valence electrons. The summed E-state index contributed by atoms with van der Waals surface area (Å²) in [7, 11) is -2.46. The van der Waals surface area contributed by atoms with Gasteiger partial charge in [-0.1, -0.05) is 240 Å². The molecule has 14 rings (SSSR count). The van der Waals surface area contributed by atoms with Crippen molar-refractivity contribution in [2.45, 2.75) is 242 Å². The van der Waals surface area contributed by atoms with Crippen LogP contribution in [0.2, 0.25) is 5.04 Å². The molecule has 0 radical (unpaired) electrons. The third kappa shape index (κ3) is 30.1. The highest BCUT2D eigenvalue weighted by molar-refractivity contribution is 6.99. The summed E-state index contributed by atoms with van der Waals surface area (Å²) in [6.45, 7) is 33.9. The SMILES string of the molecule is C1CCOC1.CC(C)(C)C(=O)Nc1ncn([C@H]2C[C@H](O)[C@@H](CO)O2)c(=O)n1.CC(C)(C)C(=O)Nc1ncn([C@H]2C[C@H](OC(=O)c3ccccc3)[C@@H](C(=O)C(C)(C)C)O2)c(=O)n1.CC(C)(C)C(=O)Nc1ncn([C@H]2C[C@H](OC(=O)c3ccccc3)[C@@H](CO)O2)c(=O)n1.CC(C)(C)C(=O)Nc1ncn([C@H]2C[C@H](OC(=O)c3ccccc3)[C@@H](CO[Si](c3ccccc3)(c3ccccc3)C(C)(C)C)O2)c(=O)n1.CF. The van der Waals surface area contributed by atoms with Gasteiger partial charge in [0.2, 0.25) is 47.4 Å². The van der Waals surface area contributed by atoms with E-state index in [0.717, 1.165) is 37.3 Å². The van der Waals surface area contributed by atoms with Gasteiger partial charge in [-0.05, 0) is 64.7 Å². The smallest absolute Gasteiger partial charge is 0.354 e. The lowest BCUT2D eigenvalue weighted by atomic mass is 9.86. The molecule has 5 saturated heterocycles. The number of carbonyl (C=O) groups excluding carboxylic acids is 8. The van der Waals surface area contributed by atoms with Crippen molar-refractivity contribution in [2.24, 2.45) is 27.1 Å². The first-order valence-electron chi connectivity index (χ1n) is 45.6. The standard InChI is InChI=1S/C36H42N4O6Si.C24H30N4O6.C20H24N4O6.C13H20N4O5.C4H8O.CH3F/c1-35(2,3)32(42)38-33-37-24-40(34(43)39-33)30-22-28(46-31(41)25-16-10-7-11-17-25)29(45-30)23-44-47(36(4,5)6,26-18-12-8-13-19-26)27-20-14-9-15-21-27;1-23(2,3)18(29)17-15(33-19(30)14-10-8-7-9-11-14)12-16(34-17)28-13-25-21(27-22(28)32)26-20(31)24(4,5)6;1-20(2,3)17(27)22-18-21-11-24(19(28)23-18)15-9-13(14(10-25)29-15)30-16(26)12-7-5-4-6-8-12;1-13(2,3)10(20)15-11-14-6-17(12(21)16-11)9-4-7(19)8(5-18)22-9;1-2-4-5-3-1;1-2/h7-21,24,28-30H,22-23H2,1-6H3,(H,38,39,42,43);7-11,13,15-17H,12H2,1-6H3,(H,26,27,31,32);4-8,11,13-15,25H,9-10H2,1-3H3,(H,22,23,27,28);6-9,18-19H,4-5H2,1-3H3,(H,15,16,20,21);1-4H2;1H3/t28-,29+,30+;15-,16+,17-;13-,14+,15+;7-,8+,9+;;/m0000../s1. The molecule has 0 aliphatic carbocycles. The second-order valence-electron chi connectivity index (χ2n) is 39.4. The number of aromatic nitrogens is 12. The number of halogens is 1. The zero-order chi connectivity index (χ0) is 103. The van der Waals surface area contributed by atoms with Crippen molar-refractivity contribution >= 4 is 89.8 Å². The van der Waals surface area contributed by atoms with Crippen LogP contribution in [-0.2, 0) is 66.3 Å². The molecule has 7 N–H and O–H groups in total. The highest BCUT2D eigenvalue weighted by Gasteiger charge is 2.53. The Labute approximate surface area is 810 Å². The molecule has 4 amide bonds. The third-order valence-electron chi connectivity index (χ3n) is 22.3. The van der Waals surface area contributed by atoms with Crippen LogP contribution in [-0.4, -0.2) is 218 Å². The normalized spacial score (nSPS) is 20.6. The number of alkyl halides is 1. The number of benzene rings is 5. The molecule has 0 bridgehead atoms. The summed E-state index contributed by atoms with van der Waals surface area (Å²) in [6.07, 6.45) is -1.93. The van der Waals surface area contributed by atoms with E-state index in [-0.39, 0.29) is 97.1 Å². The summed E-state index contributed by atoms with van der Waals surface area (Å²) in [5, 5.41) is 40.3. The summed E-state index contributed by atoms with van der Waals surface area (Å²) in [5.41, 5.74) is -5.06. The molecule has 12 atom stereocenters. The van der Waals surface area contributed by atoms with Gasteiger partial charge >= 0.3 is 40.7 Å². The molecule has 5 aliphatic heterocycles. The predicted molar refractivity (Wildman–Crippen MR) is 514 cm³/mol. The zero-order valence-corrected chi connectivity index (χ0v) is 83.1. The average Bonchev–Trinajstić information content (AvgIpc) is 0.822. The van der Waals surface area contributed by atoms with E-state index in [1.54, 1.807) is 189 Å². The highest BCUT2D eigenvalue weighted by Crippen LogP contribution is 2.41. The Morgan fingerprint density at radius 2 is 0.664 bits per heavy atom. The van der Waals surface area contributed by atoms with Gasteiger partial charge < -0.3 is 57.6 Å². The number of rotatable bonds is 22. The fraction of sp³-hybridized carbons (Fsp3) is 0.490. The summed E-state index contributed by atoms with van der Waals surface area (Å²) in [6, 6.07) is 46.0. The van der Waals surface area contributed by atoms with Gasteiger partial charge in [0.1, 0.15) is 86.8 Å². The van der Waals surface area contributed by atoms with Crippen molar-refractivity contribution in [1.29, 1.82) is 0 Å². The van der Waals surface area contributed by atoms with Gasteiger partial charge in [0.25, 0.3) is 8.32 Å². The molecule has 40 nitrogen and oxygen atoms in total.